The Kier molecular flexibility index (Phi) is 8.63. The van der Waals surface area contributed by atoms with Gasteiger partial charge in [-0.1, -0.05) is 0 Å². The molecule has 2 aromatic rings. The molecule has 0 spiro atoms. The molecule has 200 valence electrons. The molecule has 0 bridgehead atoms. The van der Waals surface area contributed by atoms with Gasteiger partial charge in [0.2, 0.25) is 31.9 Å². The van der Waals surface area contributed by atoms with Crippen molar-refractivity contribution in [2.45, 2.75) is 54.7 Å². The van der Waals surface area contributed by atoms with Crippen LogP contribution in [0.5, 0.6) is 0 Å². The summed E-state index contributed by atoms with van der Waals surface area (Å²) in [6.45, 7) is 2.11. The molecule has 2 fully saturated rings. The molecule has 2 saturated heterocycles. The summed E-state index contributed by atoms with van der Waals surface area (Å²) in [5, 5.41) is 5.43. The number of rotatable bonds is 10. The molecular formula is C25H32N4O6S2. The minimum atomic E-state index is -3.50. The van der Waals surface area contributed by atoms with E-state index < -0.39 is 20.0 Å². The summed E-state index contributed by atoms with van der Waals surface area (Å²) in [6, 6.07) is 12.2. The van der Waals surface area contributed by atoms with Crippen molar-refractivity contribution < 1.29 is 26.4 Å². The topological polar surface area (TPSA) is 133 Å². The number of anilines is 2. The Labute approximate surface area is 218 Å². The normalized spacial score (nSPS) is 17.1. The summed E-state index contributed by atoms with van der Waals surface area (Å²) in [4.78, 5) is 24.9. The fourth-order valence-electron chi connectivity index (χ4n) is 4.43. The molecule has 0 saturated carbocycles. The molecule has 2 aliphatic rings. The largest absolute Gasteiger partial charge is 0.326 e. The van der Waals surface area contributed by atoms with Gasteiger partial charge in [-0.15, -0.1) is 0 Å². The first-order chi connectivity index (χ1) is 17.7. The molecule has 2 aliphatic heterocycles. The monoisotopic (exact) mass is 548 g/mol. The second kappa shape index (κ2) is 11.7. The Balaban J connectivity index is 1.20. The highest BCUT2D eigenvalue weighted by molar-refractivity contribution is 7.89. The molecule has 2 amide bonds. The van der Waals surface area contributed by atoms with Gasteiger partial charge >= 0.3 is 0 Å². The van der Waals surface area contributed by atoms with E-state index in [9.17, 15) is 26.4 Å². The summed E-state index contributed by atoms with van der Waals surface area (Å²) in [5.74, 6) is -0.557. The number of sulfonamides is 2. The van der Waals surface area contributed by atoms with Crippen LogP contribution in [0.1, 0.15) is 44.9 Å². The van der Waals surface area contributed by atoms with Gasteiger partial charge in [-0.25, -0.2) is 16.8 Å². The van der Waals surface area contributed by atoms with Crippen LogP contribution in [-0.2, 0) is 29.6 Å². The number of amides is 2. The van der Waals surface area contributed by atoms with E-state index in [1.54, 1.807) is 24.3 Å². The molecule has 0 radical (unpaired) electrons. The summed E-state index contributed by atoms with van der Waals surface area (Å²) < 4.78 is 53.3. The van der Waals surface area contributed by atoms with Crippen LogP contribution >= 0.6 is 0 Å². The van der Waals surface area contributed by atoms with Crippen molar-refractivity contribution in [3.63, 3.8) is 0 Å². The smallest absolute Gasteiger partial charge is 0.243 e. The predicted molar refractivity (Wildman–Crippen MR) is 140 cm³/mol. The Morgan fingerprint density at radius 2 is 0.919 bits per heavy atom. The first kappa shape index (κ1) is 27.2. The molecule has 0 aliphatic carbocycles. The Bertz CT molecular complexity index is 1210. The van der Waals surface area contributed by atoms with Gasteiger partial charge in [0.1, 0.15) is 0 Å². The quantitative estimate of drug-likeness (QED) is 0.469. The number of carbonyl (C=O) groups is 2. The lowest BCUT2D eigenvalue weighted by Crippen LogP contribution is -2.27. The molecule has 2 heterocycles. The number of hydrogen-bond donors (Lipinski definition) is 2. The molecule has 12 heteroatoms. The van der Waals surface area contributed by atoms with Gasteiger partial charge in [0, 0.05) is 50.4 Å². The third kappa shape index (κ3) is 6.75. The molecule has 37 heavy (non-hydrogen) atoms. The van der Waals surface area contributed by atoms with E-state index in [0.29, 0.717) is 44.0 Å². The van der Waals surface area contributed by atoms with Crippen LogP contribution in [0.2, 0.25) is 0 Å². The minimum Gasteiger partial charge on any atom is -0.326 e. The molecule has 0 aromatic heterocycles. The zero-order valence-electron chi connectivity index (χ0n) is 20.6. The van der Waals surface area contributed by atoms with Crippen LogP contribution in [0.3, 0.4) is 0 Å². The summed E-state index contributed by atoms with van der Waals surface area (Å²) in [7, 11) is -7.01. The van der Waals surface area contributed by atoms with E-state index in [1.165, 1.54) is 32.9 Å². The van der Waals surface area contributed by atoms with Crippen molar-refractivity contribution in [3.05, 3.63) is 48.5 Å². The average Bonchev–Trinajstić information content (AvgIpc) is 3.60. The number of hydrogen-bond acceptors (Lipinski definition) is 6. The number of benzene rings is 2. The summed E-state index contributed by atoms with van der Waals surface area (Å²) in [5.41, 5.74) is 0.970. The molecular weight excluding hydrogens is 516 g/mol. The van der Waals surface area contributed by atoms with Gasteiger partial charge in [-0.3, -0.25) is 9.59 Å². The summed E-state index contributed by atoms with van der Waals surface area (Å²) >= 11 is 0. The Morgan fingerprint density at radius 3 is 1.24 bits per heavy atom. The van der Waals surface area contributed by atoms with Crippen molar-refractivity contribution >= 4 is 43.2 Å². The van der Waals surface area contributed by atoms with Gasteiger partial charge in [0.25, 0.3) is 0 Å². The molecule has 0 unspecified atom stereocenters. The van der Waals surface area contributed by atoms with E-state index in [4.69, 9.17) is 0 Å². The van der Waals surface area contributed by atoms with Crippen LogP contribution in [-0.4, -0.2) is 63.4 Å². The van der Waals surface area contributed by atoms with E-state index in [2.05, 4.69) is 10.6 Å². The highest BCUT2D eigenvalue weighted by Crippen LogP contribution is 2.23. The predicted octanol–water partition coefficient (Wildman–Crippen LogP) is 3.00. The highest BCUT2D eigenvalue weighted by Gasteiger charge is 2.28. The SMILES string of the molecule is O=C(CCCC(=O)Nc1ccc(S(=O)(=O)N2CCCC2)cc1)Nc1ccc(S(=O)(=O)N2CCCC2)cc1. The van der Waals surface area contributed by atoms with Crippen molar-refractivity contribution in [2.75, 3.05) is 36.8 Å². The van der Waals surface area contributed by atoms with Gasteiger partial charge in [-0.2, -0.15) is 8.61 Å². The first-order valence-electron chi connectivity index (χ1n) is 12.5. The molecule has 10 nitrogen and oxygen atoms in total. The van der Waals surface area contributed by atoms with E-state index >= 15 is 0 Å². The fraction of sp³-hybridized carbons (Fsp3) is 0.440. The van der Waals surface area contributed by atoms with E-state index in [-0.39, 0.29) is 34.4 Å². The maximum Gasteiger partial charge on any atom is 0.243 e. The number of carbonyl (C=O) groups excluding carboxylic acids is 2. The molecule has 0 atom stereocenters. The zero-order valence-corrected chi connectivity index (χ0v) is 22.2. The summed E-state index contributed by atoms with van der Waals surface area (Å²) in [6.07, 6.45) is 4.01. The van der Waals surface area contributed by atoms with Crippen LogP contribution < -0.4 is 10.6 Å². The van der Waals surface area contributed by atoms with E-state index in [0.717, 1.165) is 25.7 Å². The van der Waals surface area contributed by atoms with Gasteiger partial charge < -0.3 is 10.6 Å². The Morgan fingerprint density at radius 1 is 0.595 bits per heavy atom. The molecule has 4 rings (SSSR count). The minimum absolute atomic E-state index is 0.119. The van der Waals surface area contributed by atoms with Crippen LogP contribution in [0.4, 0.5) is 11.4 Å². The van der Waals surface area contributed by atoms with Crippen LogP contribution in [0.25, 0.3) is 0 Å². The number of nitrogens with zero attached hydrogens (tertiary/aromatic N) is 2. The second-order valence-corrected chi connectivity index (χ2v) is 13.1. The fourth-order valence-corrected chi connectivity index (χ4v) is 7.47. The molecule has 2 aromatic carbocycles. The third-order valence-corrected chi connectivity index (χ3v) is 10.3. The zero-order chi connectivity index (χ0) is 26.5. The lowest BCUT2D eigenvalue weighted by molar-refractivity contribution is -0.117. The second-order valence-electron chi connectivity index (χ2n) is 9.22. The standard InChI is InChI=1S/C25H32N4O6S2/c30-24(26-20-8-12-22(13-9-20)36(32,33)28-16-1-2-17-28)6-5-7-25(31)27-21-10-14-23(15-11-21)37(34,35)29-18-3-4-19-29/h8-15H,1-7,16-19H2,(H,26,30)(H,27,31). The van der Waals surface area contributed by atoms with Crippen molar-refractivity contribution in [3.8, 4) is 0 Å². The van der Waals surface area contributed by atoms with E-state index in [1.807, 2.05) is 0 Å². The van der Waals surface area contributed by atoms with Gasteiger partial charge in [0.15, 0.2) is 0 Å². The van der Waals surface area contributed by atoms with Crippen molar-refractivity contribution in [1.29, 1.82) is 0 Å². The van der Waals surface area contributed by atoms with Gasteiger partial charge in [-0.05, 0) is 80.6 Å². The maximum atomic E-state index is 12.6. The molecule has 2 N–H and O–H groups in total. The average molecular weight is 549 g/mol. The lowest BCUT2D eigenvalue weighted by atomic mass is 10.2. The first-order valence-corrected chi connectivity index (χ1v) is 15.3. The maximum absolute atomic E-state index is 12.6. The Hall–Kier alpha value is -2.80. The number of nitrogens with one attached hydrogen (secondary N) is 2. The lowest BCUT2D eigenvalue weighted by Gasteiger charge is -2.15. The highest BCUT2D eigenvalue weighted by atomic mass is 32.2. The van der Waals surface area contributed by atoms with Crippen LogP contribution in [0, 0.1) is 0 Å². The van der Waals surface area contributed by atoms with Crippen molar-refractivity contribution in [2.24, 2.45) is 0 Å². The van der Waals surface area contributed by atoms with Crippen LogP contribution in [0.15, 0.2) is 58.3 Å². The van der Waals surface area contributed by atoms with Gasteiger partial charge in [0.05, 0.1) is 9.79 Å². The third-order valence-electron chi connectivity index (χ3n) is 6.49. The van der Waals surface area contributed by atoms with Crippen molar-refractivity contribution in [1.82, 2.24) is 8.61 Å².